The standard InChI is InChI=1S/C21H38N4O10P2/c1-16(2)25(17(3)4)36(33-12-8-10-22)34-14-20(32-15-37(28,30-6)31-7)35-19(13-29-5)24-11-9-18(26)23-21(24)27/h9,11,16-17,19-20H,8,12-15H2,1-7H3,(H,23,26,27)/t19-,20+,36?/m1/s1. The molecule has 212 valence electrons. The summed E-state index contributed by atoms with van der Waals surface area (Å²) in [6.45, 7) is 7.81. The van der Waals surface area contributed by atoms with E-state index in [4.69, 9.17) is 37.6 Å². The Balaban J connectivity index is 3.23. The number of nitrogens with one attached hydrogen (secondary N) is 1. The van der Waals surface area contributed by atoms with Gasteiger partial charge in [0.2, 0.25) is 0 Å². The number of hydrogen-bond acceptors (Lipinski definition) is 12. The molecule has 0 saturated carbocycles. The Bertz CT molecular complexity index is 981. The van der Waals surface area contributed by atoms with Gasteiger partial charge in [0.15, 0.2) is 18.9 Å². The van der Waals surface area contributed by atoms with Crippen LogP contribution in [0.15, 0.2) is 21.9 Å². The van der Waals surface area contributed by atoms with Gasteiger partial charge in [0.25, 0.3) is 14.1 Å². The van der Waals surface area contributed by atoms with E-state index in [1.807, 2.05) is 38.4 Å². The Morgan fingerprint density at radius 3 is 2.27 bits per heavy atom. The van der Waals surface area contributed by atoms with Crippen molar-refractivity contribution in [1.29, 1.82) is 5.26 Å². The van der Waals surface area contributed by atoms with Crippen LogP contribution in [0.5, 0.6) is 0 Å². The molecule has 0 aliphatic rings. The lowest BCUT2D eigenvalue weighted by Gasteiger charge is -2.36. The van der Waals surface area contributed by atoms with Crippen LogP contribution in [0.2, 0.25) is 0 Å². The minimum Gasteiger partial charge on any atom is -0.380 e. The van der Waals surface area contributed by atoms with E-state index >= 15 is 0 Å². The van der Waals surface area contributed by atoms with Gasteiger partial charge in [0.05, 0.1) is 25.7 Å². The van der Waals surface area contributed by atoms with Crippen molar-refractivity contribution in [3.05, 3.63) is 33.1 Å². The van der Waals surface area contributed by atoms with Crippen molar-refractivity contribution in [1.82, 2.24) is 14.2 Å². The smallest absolute Gasteiger partial charge is 0.355 e. The number of nitriles is 1. The molecule has 16 heteroatoms. The Hall–Kier alpha value is -1.49. The van der Waals surface area contributed by atoms with Gasteiger partial charge >= 0.3 is 13.3 Å². The van der Waals surface area contributed by atoms with E-state index in [0.29, 0.717) is 0 Å². The summed E-state index contributed by atoms with van der Waals surface area (Å²) >= 11 is 0. The van der Waals surface area contributed by atoms with Crippen LogP contribution in [0.1, 0.15) is 40.3 Å². The van der Waals surface area contributed by atoms with E-state index in [9.17, 15) is 14.2 Å². The lowest BCUT2D eigenvalue weighted by molar-refractivity contribution is -0.208. The summed E-state index contributed by atoms with van der Waals surface area (Å²) in [5.41, 5.74) is -1.29. The molecule has 1 aromatic heterocycles. The Kier molecular flexibility index (Phi) is 15.6. The van der Waals surface area contributed by atoms with Gasteiger partial charge in [0.1, 0.15) is 6.61 Å². The minimum absolute atomic E-state index is 0.0524. The zero-order valence-electron chi connectivity index (χ0n) is 22.3. The van der Waals surface area contributed by atoms with Crippen LogP contribution in [0.3, 0.4) is 0 Å². The summed E-state index contributed by atoms with van der Waals surface area (Å²) in [5, 5.41) is 8.92. The fraction of sp³-hybridized carbons (Fsp3) is 0.762. The maximum absolute atomic E-state index is 12.6. The van der Waals surface area contributed by atoms with Gasteiger partial charge in [-0.05, 0) is 27.7 Å². The molecule has 0 amide bonds. The number of rotatable bonds is 19. The average molecular weight is 569 g/mol. The molecule has 1 rings (SSSR count). The topological polar surface area (TPSA) is 164 Å². The van der Waals surface area contributed by atoms with Crippen LogP contribution >= 0.6 is 16.1 Å². The highest BCUT2D eigenvalue weighted by atomic mass is 31.2. The summed E-state index contributed by atoms with van der Waals surface area (Å²) in [7, 11) is -1.37. The van der Waals surface area contributed by atoms with Crippen LogP contribution in [0, 0.1) is 11.3 Å². The van der Waals surface area contributed by atoms with Crippen molar-refractivity contribution in [3.8, 4) is 6.07 Å². The van der Waals surface area contributed by atoms with Crippen LogP contribution in [0.25, 0.3) is 0 Å². The zero-order valence-corrected chi connectivity index (χ0v) is 24.1. The molecule has 1 heterocycles. The fourth-order valence-electron chi connectivity index (χ4n) is 3.08. The molecule has 1 aromatic rings. The molecule has 0 aliphatic heterocycles. The summed E-state index contributed by atoms with van der Waals surface area (Å²) < 4.78 is 54.4. The van der Waals surface area contributed by atoms with E-state index in [0.717, 1.165) is 10.6 Å². The average Bonchev–Trinajstić information content (AvgIpc) is 2.84. The number of nitrogens with zero attached hydrogens (tertiary/aromatic N) is 3. The van der Waals surface area contributed by atoms with Gasteiger partial charge < -0.3 is 32.3 Å². The Morgan fingerprint density at radius 1 is 1.11 bits per heavy atom. The SMILES string of the molecule is COC[C@@H](O[C@@H](COP(OCCC#N)N(C(C)C)C(C)C)OCP(=O)(OC)OC)n1ccc(=O)[nH]c1=O. The summed E-state index contributed by atoms with van der Waals surface area (Å²) in [6, 6.07) is 3.30. The molecule has 1 N–H and O–H groups in total. The number of aromatic amines is 1. The third-order valence-electron chi connectivity index (χ3n) is 4.74. The molecule has 14 nitrogen and oxygen atoms in total. The second-order valence-electron chi connectivity index (χ2n) is 8.11. The van der Waals surface area contributed by atoms with Gasteiger partial charge in [-0.1, -0.05) is 0 Å². The van der Waals surface area contributed by atoms with Crippen molar-refractivity contribution in [3.63, 3.8) is 0 Å². The second kappa shape index (κ2) is 17.2. The molecule has 0 bridgehead atoms. The first kappa shape index (κ1) is 33.5. The first-order valence-corrected chi connectivity index (χ1v) is 14.4. The first-order chi connectivity index (χ1) is 17.5. The highest BCUT2D eigenvalue weighted by Gasteiger charge is 2.31. The highest BCUT2D eigenvalue weighted by Crippen LogP contribution is 2.48. The van der Waals surface area contributed by atoms with Gasteiger partial charge in [-0.25, -0.2) is 9.46 Å². The third-order valence-corrected chi connectivity index (χ3v) is 8.39. The van der Waals surface area contributed by atoms with Crippen LogP contribution in [0.4, 0.5) is 0 Å². The van der Waals surface area contributed by atoms with Crippen molar-refractivity contribution in [2.75, 3.05) is 47.5 Å². The van der Waals surface area contributed by atoms with Gasteiger partial charge in [-0.3, -0.25) is 18.9 Å². The van der Waals surface area contributed by atoms with Crippen LogP contribution in [-0.2, 0) is 36.9 Å². The van der Waals surface area contributed by atoms with Crippen LogP contribution in [-0.4, -0.2) is 80.1 Å². The molecule has 0 spiro atoms. The molecule has 0 saturated heterocycles. The van der Waals surface area contributed by atoms with Crippen LogP contribution < -0.4 is 11.2 Å². The molecule has 3 atom stereocenters. The fourth-order valence-corrected chi connectivity index (χ4v) is 5.38. The van der Waals surface area contributed by atoms with E-state index in [2.05, 4.69) is 4.98 Å². The molecule has 0 aliphatic carbocycles. The largest absolute Gasteiger partial charge is 0.380 e. The molecule has 0 aromatic carbocycles. The first-order valence-electron chi connectivity index (χ1n) is 11.5. The number of hydrogen-bond donors (Lipinski definition) is 1. The predicted molar refractivity (Wildman–Crippen MR) is 136 cm³/mol. The number of aromatic nitrogens is 2. The normalized spacial score (nSPS) is 14.7. The molecule has 0 radical (unpaired) electrons. The lowest BCUT2D eigenvalue weighted by Crippen LogP contribution is -2.38. The number of H-pyrrole nitrogens is 1. The molecule has 37 heavy (non-hydrogen) atoms. The van der Waals surface area contributed by atoms with Gasteiger partial charge in [-0.15, -0.1) is 0 Å². The maximum Gasteiger partial charge on any atom is 0.355 e. The monoisotopic (exact) mass is 568 g/mol. The quantitative estimate of drug-likeness (QED) is 0.148. The van der Waals surface area contributed by atoms with Crippen molar-refractivity contribution >= 4 is 16.1 Å². The van der Waals surface area contributed by atoms with Gasteiger partial charge in [-0.2, -0.15) is 5.26 Å². The number of methoxy groups -OCH3 is 1. The maximum atomic E-state index is 12.6. The molecule has 1 unspecified atom stereocenters. The second-order valence-corrected chi connectivity index (χ2v) is 11.8. The van der Waals surface area contributed by atoms with Crippen molar-refractivity contribution < 1.29 is 36.9 Å². The highest BCUT2D eigenvalue weighted by molar-refractivity contribution is 7.53. The molecular formula is C21H38N4O10P2. The summed E-state index contributed by atoms with van der Waals surface area (Å²) in [5.74, 6) is 0. The number of ether oxygens (including phenoxy) is 3. The lowest BCUT2D eigenvalue weighted by atomic mass is 10.3. The third kappa shape index (κ3) is 11.4. The minimum atomic E-state index is -3.58. The van der Waals surface area contributed by atoms with E-state index < -0.39 is 46.2 Å². The Labute approximate surface area is 218 Å². The predicted octanol–water partition coefficient (Wildman–Crippen LogP) is 2.78. The van der Waals surface area contributed by atoms with Crippen molar-refractivity contribution in [2.24, 2.45) is 0 Å². The Morgan fingerprint density at radius 2 is 1.76 bits per heavy atom. The van der Waals surface area contributed by atoms with Gasteiger partial charge in [0, 0.05) is 45.7 Å². The molecule has 0 fully saturated rings. The molecular weight excluding hydrogens is 530 g/mol. The van der Waals surface area contributed by atoms with Crippen molar-refractivity contribution in [2.45, 2.75) is 58.7 Å². The van der Waals surface area contributed by atoms with E-state index in [1.165, 1.54) is 27.5 Å². The summed E-state index contributed by atoms with van der Waals surface area (Å²) in [4.78, 5) is 26.0. The van der Waals surface area contributed by atoms with E-state index in [1.54, 1.807) is 0 Å². The zero-order chi connectivity index (χ0) is 28.0. The summed E-state index contributed by atoms with van der Waals surface area (Å²) in [6.07, 6.45) is -1.26. The van der Waals surface area contributed by atoms with E-state index in [-0.39, 0.29) is 38.3 Å².